The van der Waals surface area contributed by atoms with Crippen molar-refractivity contribution in [2.45, 2.75) is 101 Å². The number of amides is 2. The van der Waals surface area contributed by atoms with Crippen molar-refractivity contribution in [3.63, 3.8) is 0 Å². The molecule has 0 aromatic carbocycles. The number of nitrogens with zero attached hydrogens (tertiary/aromatic N) is 1. The fraction of sp³-hybridized carbons (Fsp3) is 0.909. The maximum atomic E-state index is 12.8. The summed E-state index contributed by atoms with van der Waals surface area (Å²) in [7, 11) is 2.12. The van der Waals surface area contributed by atoms with Crippen LogP contribution in [0.3, 0.4) is 0 Å². The molecule has 0 radical (unpaired) electrons. The molecule has 11 atom stereocenters. The molecule has 2 saturated heterocycles. The van der Waals surface area contributed by atoms with Gasteiger partial charge in [-0.15, -0.1) is 0 Å². The highest BCUT2D eigenvalue weighted by Crippen LogP contribution is 2.23. The number of aliphatic hydroxyl groups is 6. The Morgan fingerprint density at radius 3 is 1.62 bits per heavy atom. The quantitative estimate of drug-likeness (QED) is 0.0893. The Bertz CT molecular complexity index is 681. The standard InChI is InChI=1S/C22H41N2O12P/c1-11-15(27)17(29)19(31)21(35-11)33-9-7-24(14(26)6-4-3-5-13(25)23-37)8-10-34-22-20(32)18(30)16(28)12(2)36-22/h11-12,15-22,27-32H,3-10,37H2,1-2H3,(H,23,25)/t11-,12-,15+,16+,17+,18+,19-,20-,21+,22+/m0/s1. The van der Waals surface area contributed by atoms with Gasteiger partial charge in [-0.3, -0.25) is 9.59 Å². The van der Waals surface area contributed by atoms with Crippen molar-refractivity contribution in [1.29, 1.82) is 0 Å². The number of unbranched alkanes of at least 4 members (excludes halogenated alkanes) is 1. The van der Waals surface area contributed by atoms with Crippen LogP contribution in [0.15, 0.2) is 0 Å². The molecule has 0 aliphatic carbocycles. The van der Waals surface area contributed by atoms with Crippen LogP contribution in [-0.4, -0.2) is 135 Å². The zero-order chi connectivity index (χ0) is 27.7. The van der Waals surface area contributed by atoms with Crippen LogP contribution in [0, 0.1) is 0 Å². The zero-order valence-electron chi connectivity index (χ0n) is 21.1. The highest BCUT2D eigenvalue weighted by atomic mass is 31.0. The molecule has 2 fully saturated rings. The average Bonchev–Trinajstić information content (AvgIpc) is 2.88. The van der Waals surface area contributed by atoms with Gasteiger partial charge in [0.25, 0.3) is 0 Å². The van der Waals surface area contributed by atoms with Gasteiger partial charge in [-0.05, 0) is 36.1 Å². The molecule has 0 aromatic heterocycles. The normalized spacial score (nSPS) is 36.2. The van der Waals surface area contributed by atoms with Gasteiger partial charge in [0.2, 0.25) is 11.8 Å². The topological polar surface area (TPSA) is 208 Å². The fourth-order valence-electron chi connectivity index (χ4n) is 4.01. The van der Waals surface area contributed by atoms with Crippen LogP contribution < -0.4 is 5.09 Å². The SMILES string of the molecule is C[C@@H]1O[C@@H](OCCN(CCO[C@@H]2O[C@@H](C)[C@@H](O)[C@@H](O)[C@@H]2O)C(=O)CCCCC(=O)NP)[C@@H](O)[C@H](O)[C@@H]1O. The Labute approximate surface area is 218 Å². The maximum Gasteiger partial charge on any atom is 0.222 e. The average molecular weight is 557 g/mol. The summed E-state index contributed by atoms with van der Waals surface area (Å²) in [4.78, 5) is 25.6. The number of nitrogens with one attached hydrogen (secondary N) is 1. The number of carbonyl (C=O) groups is 2. The molecule has 0 saturated carbocycles. The van der Waals surface area contributed by atoms with Gasteiger partial charge in [0.05, 0.1) is 25.4 Å². The van der Waals surface area contributed by atoms with Gasteiger partial charge in [-0.25, -0.2) is 0 Å². The molecule has 2 amide bonds. The first-order chi connectivity index (χ1) is 17.5. The van der Waals surface area contributed by atoms with Crippen LogP contribution in [-0.2, 0) is 28.5 Å². The minimum Gasteiger partial charge on any atom is -0.388 e. The highest BCUT2D eigenvalue weighted by Gasteiger charge is 2.43. The van der Waals surface area contributed by atoms with Crippen molar-refractivity contribution in [2.24, 2.45) is 0 Å². The number of hydrogen-bond donors (Lipinski definition) is 7. The van der Waals surface area contributed by atoms with Crippen molar-refractivity contribution >= 4 is 21.2 Å². The molecule has 14 nitrogen and oxygen atoms in total. The molecule has 15 heteroatoms. The van der Waals surface area contributed by atoms with Crippen LogP contribution in [0.4, 0.5) is 0 Å². The second kappa shape index (κ2) is 15.5. The maximum absolute atomic E-state index is 12.8. The van der Waals surface area contributed by atoms with Gasteiger partial charge >= 0.3 is 0 Å². The van der Waals surface area contributed by atoms with Crippen molar-refractivity contribution in [2.75, 3.05) is 26.3 Å². The highest BCUT2D eigenvalue weighted by molar-refractivity contribution is 7.15. The minimum absolute atomic E-state index is 0.0665. The summed E-state index contributed by atoms with van der Waals surface area (Å²) < 4.78 is 21.9. The largest absolute Gasteiger partial charge is 0.388 e. The second-order valence-electron chi connectivity index (χ2n) is 9.26. The Morgan fingerprint density at radius 2 is 1.19 bits per heavy atom. The van der Waals surface area contributed by atoms with Crippen LogP contribution in [0.25, 0.3) is 0 Å². The van der Waals surface area contributed by atoms with Gasteiger partial charge in [0.1, 0.15) is 36.6 Å². The Kier molecular flexibility index (Phi) is 13.5. The summed E-state index contributed by atoms with van der Waals surface area (Å²) in [6, 6.07) is 0. The Balaban J connectivity index is 1.90. The Morgan fingerprint density at radius 1 is 0.757 bits per heavy atom. The summed E-state index contributed by atoms with van der Waals surface area (Å²) in [5.41, 5.74) is 0. The fourth-order valence-corrected chi connectivity index (χ4v) is 4.16. The number of ether oxygens (including phenoxy) is 4. The summed E-state index contributed by atoms with van der Waals surface area (Å²) >= 11 is 0. The van der Waals surface area contributed by atoms with E-state index in [1.165, 1.54) is 18.7 Å². The summed E-state index contributed by atoms with van der Waals surface area (Å²) in [6.07, 6.45) is -10.9. The van der Waals surface area contributed by atoms with Crippen LogP contribution in [0.1, 0.15) is 39.5 Å². The number of rotatable bonds is 13. The molecule has 37 heavy (non-hydrogen) atoms. The van der Waals surface area contributed by atoms with E-state index in [2.05, 4.69) is 14.5 Å². The van der Waals surface area contributed by atoms with E-state index >= 15 is 0 Å². The third-order valence-corrected chi connectivity index (χ3v) is 6.78. The molecule has 1 unspecified atom stereocenters. The van der Waals surface area contributed by atoms with E-state index in [1.54, 1.807) is 0 Å². The minimum atomic E-state index is -1.48. The molecular weight excluding hydrogens is 515 g/mol. The van der Waals surface area contributed by atoms with Crippen LogP contribution >= 0.6 is 9.39 Å². The van der Waals surface area contributed by atoms with Crippen molar-refractivity contribution in [1.82, 2.24) is 9.99 Å². The molecule has 0 aromatic rings. The first-order valence-electron chi connectivity index (χ1n) is 12.4. The summed E-state index contributed by atoms with van der Waals surface area (Å²) in [5, 5.41) is 62.1. The molecule has 0 spiro atoms. The molecule has 2 aliphatic rings. The van der Waals surface area contributed by atoms with Crippen molar-refractivity contribution in [3.05, 3.63) is 0 Å². The Hall–Kier alpha value is -1.03. The lowest BCUT2D eigenvalue weighted by Crippen LogP contribution is -2.57. The molecular formula is C22H41N2O12P. The van der Waals surface area contributed by atoms with Gasteiger partial charge in [-0.2, -0.15) is 0 Å². The summed E-state index contributed by atoms with van der Waals surface area (Å²) in [6.45, 7) is 3.06. The summed E-state index contributed by atoms with van der Waals surface area (Å²) in [5.74, 6) is -0.405. The molecule has 216 valence electrons. The van der Waals surface area contributed by atoms with E-state index < -0.39 is 61.4 Å². The smallest absolute Gasteiger partial charge is 0.222 e. The predicted molar refractivity (Wildman–Crippen MR) is 130 cm³/mol. The monoisotopic (exact) mass is 556 g/mol. The molecule has 7 N–H and O–H groups in total. The van der Waals surface area contributed by atoms with E-state index in [4.69, 9.17) is 18.9 Å². The predicted octanol–water partition coefficient (Wildman–Crippen LogP) is -3.03. The zero-order valence-corrected chi connectivity index (χ0v) is 22.2. The molecule has 2 heterocycles. The molecule has 0 bridgehead atoms. The first-order valence-corrected chi connectivity index (χ1v) is 12.9. The second-order valence-corrected chi connectivity index (χ2v) is 9.55. The van der Waals surface area contributed by atoms with Crippen molar-refractivity contribution < 1.29 is 59.2 Å². The van der Waals surface area contributed by atoms with Gasteiger partial charge in [0, 0.05) is 25.9 Å². The first kappa shape index (κ1) is 32.2. The van der Waals surface area contributed by atoms with E-state index in [9.17, 15) is 40.2 Å². The third kappa shape index (κ3) is 9.29. The van der Waals surface area contributed by atoms with E-state index in [0.29, 0.717) is 12.8 Å². The van der Waals surface area contributed by atoms with Crippen molar-refractivity contribution in [3.8, 4) is 0 Å². The van der Waals surface area contributed by atoms with E-state index in [0.717, 1.165) is 0 Å². The third-order valence-electron chi connectivity index (χ3n) is 6.46. The van der Waals surface area contributed by atoms with Crippen LogP contribution in [0.5, 0.6) is 0 Å². The number of hydrogen-bond acceptors (Lipinski definition) is 12. The lowest BCUT2D eigenvalue weighted by Gasteiger charge is -2.39. The molecule has 2 rings (SSSR count). The van der Waals surface area contributed by atoms with E-state index in [-0.39, 0.29) is 51.0 Å². The number of aliphatic hydroxyl groups excluding tert-OH is 6. The molecule has 2 aliphatic heterocycles. The van der Waals surface area contributed by atoms with Gasteiger partial charge in [-0.1, -0.05) is 0 Å². The lowest BCUT2D eigenvalue weighted by atomic mass is 10.0. The van der Waals surface area contributed by atoms with Crippen LogP contribution in [0.2, 0.25) is 0 Å². The number of carbonyl (C=O) groups excluding carboxylic acids is 2. The van der Waals surface area contributed by atoms with Gasteiger partial charge < -0.3 is 59.6 Å². The van der Waals surface area contributed by atoms with Gasteiger partial charge in [0.15, 0.2) is 12.6 Å². The lowest BCUT2D eigenvalue weighted by molar-refractivity contribution is -0.295. The van der Waals surface area contributed by atoms with E-state index in [1.807, 2.05) is 0 Å².